The molecule has 28 heavy (non-hydrogen) atoms. The second-order valence-electron chi connectivity index (χ2n) is 6.47. The van der Waals surface area contributed by atoms with E-state index in [1.807, 2.05) is 4.90 Å². The third-order valence-corrected chi connectivity index (χ3v) is 4.45. The normalized spacial score (nSPS) is 14.8. The van der Waals surface area contributed by atoms with Crippen molar-refractivity contribution in [3.05, 3.63) is 47.3 Å². The minimum Gasteiger partial charge on any atom is -0.486 e. The van der Waals surface area contributed by atoms with Crippen molar-refractivity contribution in [3.8, 4) is 17.3 Å². The molecule has 0 atom stereocenters. The lowest BCUT2D eigenvalue weighted by molar-refractivity contribution is -0.138. The topological polar surface area (TPSA) is 77.2 Å². The number of rotatable bonds is 4. The van der Waals surface area contributed by atoms with Crippen molar-refractivity contribution in [1.82, 2.24) is 20.4 Å². The number of alkyl halides is 3. The molecule has 1 aliphatic rings. The number of halogens is 3. The fourth-order valence-electron chi connectivity index (χ4n) is 2.94. The van der Waals surface area contributed by atoms with Gasteiger partial charge in [-0.05, 0) is 31.2 Å². The van der Waals surface area contributed by atoms with Crippen LogP contribution in [-0.4, -0.2) is 39.6 Å². The molecule has 1 saturated heterocycles. The number of hydrogen-bond acceptors (Lipinski definition) is 7. The molecule has 1 fully saturated rings. The molecule has 1 aliphatic heterocycles. The molecule has 0 saturated carbocycles. The standard InChI is InChI=1S/C18H16F3N5O2/c1-10-13(18(19,20)21)4-3-5-15(10)28-12-8-26(9-12)16-7-6-14(23-24-16)17-25-22-11(2)27-17/h3-7,12H,8-9H2,1-2H3. The van der Waals surface area contributed by atoms with E-state index in [1.165, 1.54) is 13.0 Å². The highest BCUT2D eigenvalue weighted by Gasteiger charge is 2.35. The van der Waals surface area contributed by atoms with Crippen LogP contribution in [0, 0.1) is 13.8 Å². The summed E-state index contributed by atoms with van der Waals surface area (Å²) in [6, 6.07) is 7.45. The van der Waals surface area contributed by atoms with Gasteiger partial charge in [0.1, 0.15) is 17.5 Å². The summed E-state index contributed by atoms with van der Waals surface area (Å²) in [6.07, 6.45) is -4.62. The molecule has 146 valence electrons. The van der Waals surface area contributed by atoms with E-state index >= 15 is 0 Å². The lowest BCUT2D eigenvalue weighted by Crippen LogP contribution is -2.54. The van der Waals surface area contributed by atoms with Gasteiger partial charge in [0.25, 0.3) is 5.89 Å². The number of benzene rings is 1. The second-order valence-corrected chi connectivity index (χ2v) is 6.47. The summed E-state index contributed by atoms with van der Waals surface area (Å²) in [7, 11) is 0. The summed E-state index contributed by atoms with van der Waals surface area (Å²) in [6.45, 7) is 4.11. The summed E-state index contributed by atoms with van der Waals surface area (Å²) in [4.78, 5) is 1.92. The lowest BCUT2D eigenvalue weighted by Gasteiger charge is -2.39. The van der Waals surface area contributed by atoms with Crippen LogP contribution in [0.15, 0.2) is 34.7 Å². The maximum Gasteiger partial charge on any atom is 0.416 e. The highest BCUT2D eigenvalue weighted by atomic mass is 19.4. The molecule has 0 spiro atoms. The molecule has 0 radical (unpaired) electrons. The highest BCUT2D eigenvalue weighted by Crippen LogP contribution is 2.36. The van der Waals surface area contributed by atoms with E-state index in [0.717, 1.165) is 6.07 Å². The van der Waals surface area contributed by atoms with E-state index in [2.05, 4.69) is 20.4 Å². The molecule has 3 aromatic rings. The van der Waals surface area contributed by atoms with Crippen molar-refractivity contribution in [1.29, 1.82) is 0 Å². The molecule has 0 aliphatic carbocycles. The van der Waals surface area contributed by atoms with Crippen molar-refractivity contribution >= 4 is 5.82 Å². The van der Waals surface area contributed by atoms with E-state index in [1.54, 1.807) is 25.1 Å². The van der Waals surface area contributed by atoms with Gasteiger partial charge in [-0.2, -0.15) is 13.2 Å². The van der Waals surface area contributed by atoms with Crippen molar-refractivity contribution in [3.63, 3.8) is 0 Å². The summed E-state index contributed by atoms with van der Waals surface area (Å²) < 4.78 is 50.1. The van der Waals surface area contributed by atoms with Gasteiger partial charge < -0.3 is 14.1 Å². The minimum atomic E-state index is -4.40. The van der Waals surface area contributed by atoms with Crippen molar-refractivity contribution in [2.24, 2.45) is 0 Å². The third-order valence-electron chi connectivity index (χ3n) is 4.45. The van der Waals surface area contributed by atoms with Crippen LogP contribution in [0.5, 0.6) is 5.75 Å². The Labute approximate surface area is 158 Å². The van der Waals surface area contributed by atoms with Crippen LogP contribution in [0.25, 0.3) is 11.6 Å². The van der Waals surface area contributed by atoms with E-state index < -0.39 is 11.7 Å². The van der Waals surface area contributed by atoms with Crippen LogP contribution in [-0.2, 0) is 6.18 Å². The molecule has 2 aromatic heterocycles. The fourth-order valence-corrected chi connectivity index (χ4v) is 2.94. The predicted octanol–water partition coefficient (Wildman–Crippen LogP) is 3.43. The van der Waals surface area contributed by atoms with Crippen LogP contribution in [0.2, 0.25) is 0 Å². The average Bonchev–Trinajstić information content (AvgIpc) is 3.04. The summed E-state index contributed by atoms with van der Waals surface area (Å²) >= 11 is 0. The Morgan fingerprint density at radius 2 is 1.82 bits per heavy atom. The highest BCUT2D eigenvalue weighted by molar-refractivity contribution is 5.50. The predicted molar refractivity (Wildman–Crippen MR) is 92.9 cm³/mol. The van der Waals surface area contributed by atoms with Gasteiger partial charge in [-0.15, -0.1) is 20.4 Å². The Hall–Kier alpha value is -3.17. The monoisotopic (exact) mass is 391 g/mol. The Morgan fingerprint density at radius 1 is 1.04 bits per heavy atom. The molecule has 3 heterocycles. The second kappa shape index (κ2) is 6.77. The number of anilines is 1. The van der Waals surface area contributed by atoms with Crippen LogP contribution in [0.4, 0.5) is 19.0 Å². The Morgan fingerprint density at radius 3 is 2.43 bits per heavy atom. The summed E-state index contributed by atoms with van der Waals surface area (Å²) in [5.41, 5.74) is -0.122. The van der Waals surface area contributed by atoms with Crippen LogP contribution < -0.4 is 9.64 Å². The Balaban J connectivity index is 1.39. The molecule has 10 heteroatoms. The van der Waals surface area contributed by atoms with Crippen LogP contribution >= 0.6 is 0 Å². The SMILES string of the molecule is Cc1nnc(-c2ccc(N3CC(Oc4cccc(C(F)(F)F)c4C)C3)nn2)o1. The van der Waals surface area contributed by atoms with Crippen molar-refractivity contribution in [2.45, 2.75) is 26.1 Å². The van der Waals surface area contributed by atoms with Gasteiger partial charge in [-0.1, -0.05) is 6.07 Å². The van der Waals surface area contributed by atoms with E-state index in [0.29, 0.717) is 36.4 Å². The first-order valence-corrected chi connectivity index (χ1v) is 8.54. The van der Waals surface area contributed by atoms with Gasteiger partial charge in [0.15, 0.2) is 5.82 Å². The van der Waals surface area contributed by atoms with Crippen molar-refractivity contribution in [2.75, 3.05) is 18.0 Å². The van der Waals surface area contributed by atoms with Gasteiger partial charge in [0, 0.05) is 12.5 Å². The van der Waals surface area contributed by atoms with E-state index in [4.69, 9.17) is 9.15 Å². The molecule has 4 rings (SSSR count). The maximum atomic E-state index is 13.0. The van der Waals surface area contributed by atoms with Gasteiger partial charge in [0.2, 0.25) is 5.89 Å². The maximum absolute atomic E-state index is 13.0. The zero-order valence-corrected chi connectivity index (χ0v) is 15.1. The number of aryl methyl sites for hydroxylation is 1. The molecule has 1 aromatic carbocycles. The first kappa shape index (κ1) is 18.2. The van der Waals surface area contributed by atoms with Crippen LogP contribution in [0.1, 0.15) is 17.0 Å². The lowest BCUT2D eigenvalue weighted by atomic mass is 10.1. The zero-order valence-electron chi connectivity index (χ0n) is 15.1. The van der Waals surface area contributed by atoms with Crippen molar-refractivity contribution < 1.29 is 22.3 Å². The fraction of sp³-hybridized carbons (Fsp3) is 0.333. The zero-order chi connectivity index (χ0) is 19.9. The minimum absolute atomic E-state index is 0.0902. The first-order chi connectivity index (χ1) is 13.3. The molecule has 0 bridgehead atoms. The smallest absolute Gasteiger partial charge is 0.416 e. The number of ether oxygens (including phenoxy) is 1. The average molecular weight is 391 g/mol. The van der Waals surface area contributed by atoms with Gasteiger partial charge in [-0.3, -0.25) is 0 Å². The summed E-state index contributed by atoms with van der Waals surface area (Å²) in [5, 5.41) is 15.8. The van der Waals surface area contributed by atoms with Gasteiger partial charge in [0.05, 0.1) is 18.7 Å². The van der Waals surface area contributed by atoms with Gasteiger partial charge >= 0.3 is 6.18 Å². The third kappa shape index (κ3) is 3.49. The quantitative estimate of drug-likeness (QED) is 0.674. The number of hydrogen-bond donors (Lipinski definition) is 0. The molecule has 7 nitrogen and oxygen atoms in total. The summed E-state index contributed by atoms with van der Waals surface area (Å²) in [5.74, 6) is 1.61. The number of nitrogens with zero attached hydrogens (tertiary/aromatic N) is 5. The molecule has 0 unspecified atom stereocenters. The molecular formula is C18H16F3N5O2. The Kier molecular flexibility index (Phi) is 4.40. The van der Waals surface area contributed by atoms with E-state index in [-0.39, 0.29) is 17.4 Å². The Bertz CT molecular complexity index is 982. The largest absolute Gasteiger partial charge is 0.486 e. The van der Waals surface area contributed by atoms with E-state index in [9.17, 15) is 13.2 Å². The number of aromatic nitrogens is 4. The first-order valence-electron chi connectivity index (χ1n) is 8.54. The van der Waals surface area contributed by atoms with Gasteiger partial charge in [-0.25, -0.2) is 0 Å². The van der Waals surface area contributed by atoms with Crippen LogP contribution in [0.3, 0.4) is 0 Å². The molecular weight excluding hydrogens is 375 g/mol. The molecule has 0 N–H and O–H groups in total. The molecule has 0 amide bonds.